The summed E-state index contributed by atoms with van der Waals surface area (Å²) in [6, 6.07) is 45.6. The second kappa shape index (κ2) is 7.44. The molecule has 1 heterocycles. The Balaban J connectivity index is 1.70. The normalized spacial score (nSPS) is 15.0. The molecule has 3 heteroatoms. The number of carbonyl (C=O) groups is 1. The summed E-state index contributed by atoms with van der Waals surface area (Å²) in [4.78, 5) is 18.6. The van der Waals surface area contributed by atoms with Crippen molar-refractivity contribution in [3.8, 4) is 0 Å². The standard InChI is InChI=1S/C32H22N2O/c35-31-25-17-7-9-19-27(25)32(28-20-10-8-18-26(28)31)33(23-13-3-1-4-14-23)29-21-11-12-22-30(29)34(32)24-15-5-2-6-16-24/h1-22H. The minimum Gasteiger partial charge on any atom is -0.308 e. The van der Waals surface area contributed by atoms with Gasteiger partial charge < -0.3 is 9.80 Å². The molecule has 0 aromatic heterocycles. The number of benzene rings is 5. The second-order valence-corrected chi connectivity index (χ2v) is 8.92. The van der Waals surface area contributed by atoms with Gasteiger partial charge in [-0.25, -0.2) is 0 Å². The smallest absolute Gasteiger partial charge is 0.193 e. The van der Waals surface area contributed by atoms with Crippen LogP contribution in [0.15, 0.2) is 133 Å². The van der Waals surface area contributed by atoms with E-state index < -0.39 is 5.66 Å². The zero-order chi connectivity index (χ0) is 23.4. The predicted molar refractivity (Wildman–Crippen MR) is 141 cm³/mol. The third kappa shape index (κ3) is 2.58. The van der Waals surface area contributed by atoms with Gasteiger partial charge in [-0.2, -0.15) is 0 Å². The predicted octanol–water partition coefficient (Wildman–Crippen LogP) is 7.42. The number of fused-ring (bicyclic) bond motifs is 5. The molecule has 0 amide bonds. The molecule has 1 aliphatic heterocycles. The Morgan fingerprint density at radius 3 is 1.26 bits per heavy atom. The van der Waals surface area contributed by atoms with E-state index in [-0.39, 0.29) is 5.78 Å². The zero-order valence-electron chi connectivity index (χ0n) is 19.0. The van der Waals surface area contributed by atoms with Gasteiger partial charge in [-0.15, -0.1) is 0 Å². The van der Waals surface area contributed by atoms with Crippen LogP contribution in [0.3, 0.4) is 0 Å². The number of ketones is 1. The van der Waals surface area contributed by atoms with Crippen molar-refractivity contribution in [2.45, 2.75) is 5.66 Å². The molecule has 0 N–H and O–H groups in total. The second-order valence-electron chi connectivity index (χ2n) is 8.92. The number of carbonyl (C=O) groups excluding carboxylic acids is 1. The maximum atomic E-state index is 13.8. The van der Waals surface area contributed by atoms with E-state index in [0.29, 0.717) is 0 Å². The molecule has 0 saturated heterocycles. The topological polar surface area (TPSA) is 23.6 Å². The maximum absolute atomic E-state index is 13.8. The van der Waals surface area contributed by atoms with E-state index in [1.807, 2.05) is 48.5 Å². The third-order valence-corrected chi connectivity index (χ3v) is 7.13. The van der Waals surface area contributed by atoms with Crippen molar-refractivity contribution >= 4 is 28.5 Å². The van der Waals surface area contributed by atoms with Crippen molar-refractivity contribution in [2.75, 3.05) is 9.80 Å². The average Bonchev–Trinajstić information content (AvgIpc) is 3.24. The lowest BCUT2D eigenvalue weighted by Gasteiger charge is -2.49. The van der Waals surface area contributed by atoms with Crippen LogP contribution in [0.1, 0.15) is 27.0 Å². The minimum absolute atomic E-state index is 0.0683. The lowest BCUT2D eigenvalue weighted by atomic mass is 9.75. The number of hydrogen-bond acceptors (Lipinski definition) is 3. The van der Waals surface area contributed by atoms with Crippen LogP contribution >= 0.6 is 0 Å². The summed E-state index contributed by atoms with van der Waals surface area (Å²) in [6.45, 7) is 0. The molecule has 0 bridgehead atoms. The van der Waals surface area contributed by atoms with Gasteiger partial charge in [-0.05, 0) is 36.4 Å². The first-order valence-electron chi connectivity index (χ1n) is 11.8. The van der Waals surface area contributed by atoms with Crippen LogP contribution in [0.2, 0.25) is 0 Å². The van der Waals surface area contributed by atoms with Crippen LogP contribution in [-0.2, 0) is 5.66 Å². The Morgan fingerprint density at radius 1 is 0.429 bits per heavy atom. The fraction of sp³-hybridized carbons (Fsp3) is 0.0312. The van der Waals surface area contributed by atoms with Gasteiger partial charge in [0.15, 0.2) is 11.4 Å². The summed E-state index contributed by atoms with van der Waals surface area (Å²) in [6.07, 6.45) is 0. The number of nitrogens with zero attached hydrogens (tertiary/aromatic N) is 2. The largest absolute Gasteiger partial charge is 0.308 e. The Hall–Kier alpha value is -4.63. The number of anilines is 4. The molecule has 3 nitrogen and oxygen atoms in total. The molecule has 0 atom stereocenters. The van der Waals surface area contributed by atoms with E-state index in [4.69, 9.17) is 0 Å². The third-order valence-electron chi connectivity index (χ3n) is 7.13. The first kappa shape index (κ1) is 19.8. The first-order valence-corrected chi connectivity index (χ1v) is 11.8. The number of hydrogen-bond donors (Lipinski definition) is 0. The summed E-state index contributed by atoms with van der Waals surface area (Å²) in [7, 11) is 0. The van der Waals surface area contributed by atoms with Gasteiger partial charge >= 0.3 is 0 Å². The van der Waals surface area contributed by atoms with Gasteiger partial charge in [-0.1, -0.05) is 97.1 Å². The lowest BCUT2D eigenvalue weighted by molar-refractivity contribution is 0.103. The monoisotopic (exact) mass is 450 g/mol. The zero-order valence-corrected chi connectivity index (χ0v) is 19.0. The highest BCUT2D eigenvalue weighted by atomic mass is 16.1. The summed E-state index contributed by atoms with van der Waals surface area (Å²) < 4.78 is 0. The van der Waals surface area contributed by atoms with Gasteiger partial charge in [0.1, 0.15) is 0 Å². The first-order chi connectivity index (χ1) is 17.3. The van der Waals surface area contributed by atoms with Gasteiger partial charge in [0.25, 0.3) is 0 Å². The quantitative estimate of drug-likeness (QED) is 0.280. The van der Waals surface area contributed by atoms with Gasteiger partial charge in [0, 0.05) is 33.6 Å². The SMILES string of the molecule is O=C1c2ccccc2C2(c3ccccc31)N(c1ccccc1)c1ccccc1N2c1ccccc1. The molecule has 166 valence electrons. The Labute approximate surface area is 204 Å². The van der Waals surface area contributed by atoms with E-state index in [2.05, 4.69) is 94.7 Å². The van der Waals surface area contributed by atoms with Gasteiger partial charge in [0.05, 0.1) is 11.4 Å². The lowest BCUT2D eigenvalue weighted by Crippen LogP contribution is -2.54. The summed E-state index contributed by atoms with van der Waals surface area (Å²) in [5.41, 5.74) is 6.98. The highest BCUT2D eigenvalue weighted by molar-refractivity contribution is 6.15. The summed E-state index contributed by atoms with van der Waals surface area (Å²) in [5, 5.41) is 0. The molecule has 7 rings (SSSR count). The fourth-order valence-corrected chi connectivity index (χ4v) is 5.84. The Kier molecular flexibility index (Phi) is 4.21. The molecular formula is C32H22N2O. The molecule has 0 fully saturated rings. The Bertz CT molecular complexity index is 1460. The average molecular weight is 451 g/mol. The van der Waals surface area contributed by atoms with Crippen LogP contribution in [0.5, 0.6) is 0 Å². The van der Waals surface area contributed by atoms with E-state index in [1.165, 1.54) is 0 Å². The molecule has 2 aliphatic rings. The van der Waals surface area contributed by atoms with Crippen molar-refractivity contribution in [3.63, 3.8) is 0 Å². The molecule has 35 heavy (non-hydrogen) atoms. The van der Waals surface area contributed by atoms with Gasteiger partial charge in [-0.3, -0.25) is 4.79 Å². The van der Waals surface area contributed by atoms with E-state index in [0.717, 1.165) is 45.0 Å². The van der Waals surface area contributed by atoms with Crippen molar-refractivity contribution in [1.29, 1.82) is 0 Å². The summed E-state index contributed by atoms with van der Waals surface area (Å²) in [5.74, 6) is 0.0683. The van der Waals surface area contributed by atoms with E-state index in [9.17, 15) is 4.79 Å². The summed E-state index contributed by atoms with van der Waals surface area (Å²) >= 11 is 0. The molecule has 1 aliphatic carbocycles. The van der Waals surface area contributed by atoms with E-state index >= 15 is 0 Å². The number of para-hydroxylation sites is 4. The van der Waals surface area contributed by atoms with Gasteiger partial charge in [0.2, 0.25) is 0 Å². The van der Waals surface area contributed by atoms with Crippen molar-refractivity contribution in [2.24, 2.45) is 0 Å². The molecule has 0 saturated carbocycles. The van der Waals surface area contributed by atoms with Crippen LogP contribution in [0.25, 0.3) is 0 Å². The maximum Gasteiger partial charge on any atom is 0.193 e. The van der Waals surface area contributed by atoms with Crippen LogP contribution in [0.4, 0.5) is 22.7 Å². The minimum atomic E-state index is -0.784. The Morgan fingerprint density at radius 2 is 0.800 bits per heavy atom. The molecule has 5 aromatic carbocycles. The van der Waals surface area contributed by atoms with E-state index in [1.54, 1.807) is 0 Å². The molecule has 0 unspecified atom stereocenters. The van der Waals surface area contributed by atoms with Crippen LogP contribution < -0.4 is 9.80 Å². The molecule has 0 radical (unpaired) electrons. The fourth-order valence-electron chi connectivity index (χ4n) is 5.84. The highest BCUT2D eigenvalue weighted by Gasteiger charge is 2.57. The van der Waals surface area contributed by atoms with Crippen molar-refractivity contribution in [1.82, 2.24) is 0 Å². The van der Waals surface area contributed by atoms with Crippen molar-refractivity contribution < 1.29 is 4.79 Å². The molecule has 1 spiro atoms. The van der Waals surface area contributed by atoms with Crippen LogP contribution in [0, 0.1) is 0 Å². The highest BCUT2D eigenvalue weighted by Crippen LogP contribution is 2.61. The van der Waals surface area contributed by atoms with Crippen LogP contribution in [-0.4, -0.2) is 5.78 Å². The van der Waals surface area contributed by atoms with Crippen molar-refractivity contribution in [3.05, 3.63) is 156 Å². The molecular weight excluding hydrogens is 428 g/mol. The number of rotatable bonds is 2. The molecule has 5 aromatic rings.